The number of fused-ring (bicyclic) bond motifs is 1. The fraction of sp³-hybridized carbons (Fsp3) is 0.400. The molecule has 1 aliphatic carbocycles. The van der Waals surface area contributed by atoms with E-state index in [4.69, 9.17) is 5.73 Å². The van der Waals surface area contributed by atoms with Crippen LogP contribution in [0.4, 0.5) is 4.39 Å². The van der Waals surface area contributed by atoms with E-state index in [1.54, 1.807) is 16.7 Å². The van der Waals surface area contributed by atoms with Crippen molar-refractivity contribution in [3.8, 4) is 0 Å². The maximum atomic E-state index is 13.9. The molecule has 0 bridgehead atoms. The van der Waals surface area contributed by atoms with Gasteiger partial charge in [-0.25, -0.2) is 4.39 Å². The van der Waals surface area contributed by atoms with E-state index < -0.39 is 5.82 Å². The first-order chi connectivity index (χ1) is 9.13. The van der Waals surface area contributed by atoms with Crippen LogP contribution in [0.25, 0.3) is 10.8 Å². The molecule has 1 aromatic heterocycles. The van der Waals surface area contributed by atoms with Crippen LogP contribution >= 0.6 is 0 Å². The Morgan fingerprint density at radius 1 is 1.47 bits per heavy atom. The van der Waals surface area contributed by atoms with Crippen LogP contribution < -0.4 is 11.3 Å². The van der Waals surface area contributed by atoms with Crippen LogP contribution in [-0.4, -0.2) is 4.57 Å². The van der Waals surface area contributed by atoms with Gasteiger partial charge in [-0.2, -0.15) is 0 Å². The third kappa shape index (κ3) is 1.96. The Labute approximate surface area is 110 Å². The van der Waals surface area contributed by atoms with Crippen LogP contribution in [0, 0.1) is 5.82 Å². The maximum absolute atomic E-state index is 13.9. The molecular weight excluding hydrogens is 243 g/mol. The minimum absolute atomic E-state index is 0.180. The normalized spacial score (nSPS) is 16.8. The molecule has 19 heavy (non-hydrogen) atoms. The molecule has 4 heteroatoms. The lowest BCUT2D eigenvalue weighted by molar-refractivity contribution is 0.578. The van der Waals surface area contributed by atoms with Crippen LogP contribution in [0.3, 0.4) is 0 Å². The Morgan fingerprint density at radius 3 is 2.84 bits per heavy atom. The molecule has 0 spiro atoms. The van der Waals surface area contributed by atoms with Crippen molar-refractivity contribution >= 4 is 10.8 Å². The Hall–Kier alpha value is -1.68. The average molecular weight is 260 g/mol. The van der Waals surface area contributed by atoms with Crippen molar-refractivity contribution in [1.82, 2.24) is 4.57 Å². The van der Waals surface area contributed by atoms with Gasteiger partial charge in [0.15, 0.2) is 0 Å². The molecule has 3 rings (SSSR count). The summed E-state index contributed by atoms with van der Waals surface area (Å²) in [5.74, 6) is -0.450. The predicted octanol–water partition coefficient (Wildman–Crippen LogP) is 2.89. The van der Waals surface area contributed by atoms with Gasteiger partial charge in [-0.1, -0.05) is 19.1 Å². The number of pyridine rings is 1. The Balaban J connectivity index is 2.37. The quantitative estimate of drug-likeness (QED) is 0.922. The van der Waals surface area contributed by atoms with Gasteiger partial charge in [0, 0.05) is 17.8 Å². The van der Waals surface area contributed by atoms with Crippen molar-refractivity contribution in [2.75, 3.05) is 0 Å². The summed E-state index contributed by atoms with van der Waals surface area (Å²) in [6.45, 7) is 1.99. The van der Waals surface area contributed by atoms with Crippen molar-refractivity contribution < 1.29 is 4.39 Å². The zero-order valence-electron chi connectivity index (χ0n) is 10.9. The second-order valence-corrected chi connectivity index (χ2v) is 5.19. The summed E-state index contributed by atoms with van der Waals surface area (Å²) in [6.07, 6.45) is 2.71. The molecule has 0 saturated heterocycles. The lowest BCUT2D eigenvalue weighted by Gasteiger charge is -2.18. The van der Waals surface area contributed by atoms with Crippen LogP contribution in [0.5, 0.6) is 0 Å². The molecular formula is C15H17FN2O. The average Bonchev–Trinajstić information content (AvgIpc) is 3.21. The summed E-state index contributed by atoms with van der Waals surface area (Å²) in [6, 6.07) is 6.61. The van der Waals surface area contributed by atoms with Gasteiger partial charge in [0.2, 0.25) is 0 Å². The molecule has 1 heterocycles. The van der Waals surface area contributed by atoms with Gasteiger partial charge in [-0.15, -0.1) is 0 Å². The number of rotatable bonds is 3. The van der Waals surface area contributed by atoms with Gasteiger partial charge in [0.1, 0.15) is 5.82 Å². The van der Waals surface area contributed by atoms with E-state index >= 15 is 0 Å². The summed E-state index contributed by atoms with van der Waals surface area (Å²) >= 11 is 0. The highest BCUT2D eigenvalue weighted by Gasteiger charge is 2.29. The largest absolute Gasteiger partial charge is 0.323 e. The van der Waals surface area contributed by atoms with Crippen LogP contribution in [0.15, 0.2) is 29.1 Å². The summed E-state index contributed by atoms with van der Waals surface area (Å²) in [5.41, 5.74) is 6.69. The first kappa shape index (κ1) is 12.4. The predicted molar refractivity (Wildman–Crippen MR) is 73.7 cm³/mol. The van der Waals surface area contributed by atoms with Gasteiger partial charge in [0.05, 0.1) is 5.39 Å². The number of benzene rings is 1. The molecule has 1 atom stereocenters. The third-order valence-corrected chi connectivity index (χ3v) is 3.79. The number of nitrogens with zero attached hydrogens (tertiary/aromatic N) is 1. The van der Waals surface area contributed by atoms with Gasteiger partial charge < -0.3 is 10.3 Å². The molecule has 0 radical (unpaired) electrons. The van der Waals surface area contributed by atoms with E-state index in [1.165, 1.54) is 6.07 Å². The molecule has 0 unspecified atom stereocenters. The summed E-state index contributed by atoms with van der Waals surface area (Å²) < 4.78 is 15.6. The molecule has 100 valence electrons. The van der Waals surface area contributed by atoms with Gasteiger partial charge in [-0.05, 0) is 36.8 Å². The second-order valence-electron chi connectivity index (χ2n) is 5.19. The van der Waals surface area contributed by atoms with Crippen molar-refractivity contribution in [2.24, 2.45) is 5.73 Å². The minimum atomic E-state index is -0.450. The molecule has 2 N–H and O–H groups in total. The Morgan fingerprint density at radius 2 is 2.21 bits per heavy atom. The number of aromatic nitrogens is 1. The van der Waals surface area contributed by atoms with Crippen molar-refractivity contribution in [3.05, 3.63) is 46.1 Å². The molecule has 1 aromatic carbocycles. The monoisotopic (exact) mass is 260 g/mol. The second kappa shape index (κ2) is 4.46. The highest BCUT2D eigenvalue weighted by molar-refractivity contribution is 5.82. The van der Waals surface area contributed by atoms with Crippen molar-refractivity contribution in [2.45, 2.75) is 38.3 Å². The van der Waals surface area contributed by atoms with Crippen LogP contribution in [-0.2, 0) is 0 Å². The van der Waals surface area contributed by atoms with Gasteiger partial charge in [0.25, 0.3) is 5.56 Å². The summed E-state index contributed by atoms with van der Waals surface area (Å²) in [4.78, 5) is 12.5. The van der Waals surface area contributed by atoms with Crippen LogP contribution in [0.1, 0.15) is 44.0 Å². The third-order valence-electron chi connectivity index (χ3n) is 3.79. The molecule has 2 aromatic rings. The van der Waals surface area contributed by atoms with E-state index in [0.717, 1.165) is 25.0 Å². The van der Waals surface area contributed by atoms with E-state index in [0.29, 0.717) is 5.39 Å². The number of nitrogens with two attached hydrogens (primary N) is 1. The first-order valence-corrected chi connectivity index (χ1v) is 6.72. The van der Waals surface area contributed by atoms with Gasteiger partial charge in [-0.3, -0.25) is 4.79 Å². The SMILES string of the molecule is CC[C@H](N)c1cc2cccc(F)c2c(=O)n1C1CC1. The highest BCUT2D eigenvalue weighted by atomic mass is 19.1. The van der Waals surface area contributed by atoms with E-state index in [9.17, 15) is 9.18 Å². The van der Waals surface area contributed by atoms with Gasteiger partial charge >= 0.3 is 0 Å². The molecule has 3 nitrogen and oxygen atoms in total. The zero-order chi connectivity index (χ0) is 13.6. The number of hydrogen-bond acceptors (Lipinski definition) is 2. The van der Waals surface area contributed by atoms with Crippen molar-refractivity contribution in [3.63, 3.8) is 0 Å². The number of hydrogen-bond donors (Lipinski definition) is 1. The van der Waals surface area contributed by atoms with Crippen LogP contribution in [0.2, 0.25) is 0 Å². The fourth-order valence-electron chi connectivity index (χ4n) is 2.56. The molecule has 1 aliphatic rings. The van der Waals surface area contributed by atoms with Crippen molar-refractivity contribution in [1.29, 1.82) is 0 Å². The van der Waals surface area contributed by atoms with E-state index in [1.807, 2.05) is 13.0 Å². The Bertz CT molecular complexity index is 688. The fourth-order valence-corrected chi connectivity index (χ4v) is 2.56. The lowest BCUT2D eigenvalue weighted by atomic mass is 10.1. The molecule has 0 aliphatic heterocycles. The lowest BCUT2D eigenvalue weighted by Crippen LogP contribution is -2.27. The smallest absolute Gasteiger partial charge is 0.261 e. The summed E-state index contributed by atoms with van der Waals surface area (Å²) in [5, 5.41) is 0.822. The molecule has 1 fully saturated rings. The maximum Gasteiger partial charge on any atom is 0.261 e. The first-order valence-electron chi connectivity index (χ1n) is 6.72. The minimum Gasteiger partial charge on any atom is -0.323 e. The standard InChI is InChI=1S/C15H17FN2O/c1-2-12(17)13-8-9-4-3-5-11(16)14(9)15(19)18(13)10-6-7-10/h3-5,8,10,12H,2,6-7,17H2,1H3/t12-/m0/s1. The zero-order valence-corrected chi connectivity index (χ0v) is 10.9. The molecule has 0 amide bonds. The topological polar surface area (TPSA) is 48.0 Å². The Kier molecular flexibility index (Phi) is 2.90. The van der Waals surface area contributed by atoms with E-state index in [-0.39, 0.29) is 23.0 Å². The van der Waals surface area contributed by atoms with E-state index in [2.05, 4.69) is 0 Å². The summed E-state index contributed by atoms with van der Waals surface area (Å²) in [7, 11) is 0. The number of halogens is 1. The molecule has 1 saturated carbocycles. The highest BCUT2D eigenvalue weighted by Crippen LogP contribution is 2.36.